The van der Waals surface area contributed by atoms with Crippen molar-refractivity contribution in [3.63, 3.8) is 0 Å². The van der Waals surface area contributed by atoms with Gasteiger partial charge in [-0.25, -0.2) is 0 Å². The molecule has 1 unspecified atom stereocenters. The number of carbonyl (C=O) groups excluding carboxylic acids is 1. The van der Waals surface area contributed by atoms with Crippen LogP contribution < -0.4 is 5.32 Å². The Morgan fingerprint density at radius 1 is 1.06 bits per heavy atom. The lowest BCUT2D eigenvalue weighted by Crippen LogP contribution is -2.56. The fraction of sp³-hybridized carbons (Fsp3) is 0.517. The van der Waals surface area contributed by atoms with Crippen molar-refractivity contribution < 1.29 is 9.53 Å². The molecule has 0 bridgehead atoms. The van der Waals surface area contributed by atoms with Gasteiger partial charge in [0.2, 0.25) is 0 Å². The smallest absolute Gasteiger partial charge is 0.260 e. The van der Waals surface area contributed by atoms with Gasteiger partial charge in [0.15, 0.2) is 10.7 Å². The molecule has 1 heterocycles. The van der Waals surface area contributed by atoms with Crippen molar-refractivity contribution in [1.82, 2.24) is 10.2 Å². The van der Waals surface area contributed by atoms with E-state index >= 15 is 0 Å². The van der Waals surface area contributed by atoms with Gasteiger partial charge in [0.05, 0.1) is 12.6 Å². The third-order valence-electron chi connectivity index (χ3n) is 8.95. The first-order valence-corrected chi connectivity index (χ1v) is 13.3. The molecule has 1 N–H and O–H groups in total. The summed E-state index contributed by atoms with van der Waals surface area (Å²) >= 11 is 5.85. The highest BCUT2D eigenvalue weighted by Crippen LogP contribution is 2.60. The van der Waals surface area contributed by atoms with Crippen LogP contribution in [-0.4, -0.2) is 29.1 Å². The number of rotatable bonds is 6. The highest BCUT2D eigenvalue weighted by molar-refractivity contribution is 7.80. The van der Waals surface area contributed by atoms with Crippen molar-refractivity contribution in [2.24, 2.45) is 11.3 Å². The van der Waals surface area contributed by atoms with Crippen LogP contribution in [0, 0.1) is 11.3 Å². The SMILES string of the molecule is COC1CCC2(CC1)Cc1ccc(CCC3CC3)cc1C21NC(=S)N(Cc2ccccc2)C1=O. The largest absolute Gasteiger partial charge is 0.381 e. The minimum atomic E-state index is -0.761. The molecule has 2 aromatic rings. The molecule has 3 fully saturated rings. The quantitative estimate of drug-likeness (QED) is 0.579. The van der Waals surface area contributed by atoms with Gasteiger partial charge in [0, 0.05) is 12.5 Å². The number of ether oxygens (including phenoxy) is 1. The molecule has 2 spiro atoms. The van der Waals surface area contributed by atoms with Gasteiger partial charge in [0.25, 0.3) is 5.91 Å². The van der Waals surface area contributed by atoms with Gasteiger partial charge in [-0.3, -0.25) is 9.69 Å². The van der Waals surface area contributed by atoms with E-state index in [1.54, 1.807) is 0 Å². The summed E-state index contributed by atoms with van der Waals surface area (Å²) in [6, 6.07) is 17.1. The summed E-state index contributed by atoms with van der Waals surface area (Å²) in [6.07, 6.45) is 10.2. The number of hydrogen-bond donors (Lipinski definition) is 1. The molecule has 34 heavy (non-hydrogen) atoms. The summed E-state index contributed by atoms with van der Waals surface area (Å²) in [6.45, 7) is 0.515. The number of carbonyl (C=O) groups is 1. The van der Waals surface area contributed by atoms with Crippen LogP contribution in [0.2, 0.25) is 0 Å². The Bertz CT molecular complexity index is 1100. The molecule has 4 nitrogen and oxygen atoms in total. The normalized spacial score (nSPS) is 30.3. The number of amides is 1. The third kappa shape index (κ3) is 3.51. The lowest BCUT2D eigenvalue weighted by Gasteiger charge is -2.46. The molecule has 2 saturated carbocycles. The van der Waals surface area contributed by atoms with Crippen LogP contribution >= 0.6 is 12.2 Å². The summed E-state index contributed by atoms with van der Waals surface area (Å²) < 4.78 is 5.71. The number of aryl methyl sites for hydroxylation is 1. The average molecular weight is 475 g/mol. The van der Waals surface area contributed by atoms with E-state index in [2.05, 4.69) is 35.6 Å². The first-order chi connectivity index (χ1) is 16.5. The Labute approximate surface area is 208 Å². The van der Waals surface area contributed by atoms with E-state index < -0.39 is 5.54 Å². The number of fused-ring (bicyclic) bond motifs is 3. The zero-order chi connectivity index (χ0) is 23.3. The maximum absolute atomic E-state index is 14.5. The summed E-state index contributed by atoms with van der Waals surface area (Å²) in [5.74, 6) is 1.04. The van der Waals surface area contributed by atoms with E-state index in [1.807, 2.05) is 30.2 Å². The first-order valence-electron chi connectivity index (χ1n) is 12.9. The highest BCUT2D eigenvalue weighted by atomic mass is 32.1. The number of benzene rings is 2. The fourth-order valence-corrected chi connectivity index (χ4v) is 7.10. The van der Waals surface area contributed by atoms with E-state index in [4.69, 9.17) is 17.0 Å². The molecule has 0 aromatic heterocycles. The molecule has 1 atom stereocenters. The van der Waals surface area contributed by atoms with Crippen molar-refractivity contribution in [3.05, 3.63) is 70.8 Å². The van der Waals surface area contributed by atoms with Gasteiger partial charge in [-0.2, -0.15) is 0 Å². The monoisotopic (exact) mass is 474 g/mol. The van der Waals surface area contributed by atoms with E-state index in [9.17, 15) is 4.79 Å². The Hall–Kier alpha value is -2.24. The molecule has 0 radical (unpaired) electrons. The summed E-state index contributed by atoms with van der Waals surface area (Å²) in [5, 5.41) is 4.24. The van der Waals surface area contributed by atoms with E-state index in [-0.39, 0.29) is 17.4 Å². The van der Waals surface area contributed by atoms with Crippen molar-refractivity contribution in [2.45, 2.75) is 76.0 Å². The lowest BCUT2D eigenvalue weighted by molar-refractivity contribution is -0.138. The predicted molar refractivity (Wildman–Crippen MR) is 137 cm³/mol. The zero-order valence-electron chi connectivity index (χ0n) is 20.0. The van der Waals surface area contributed by atoms with Crippen molar-refractivity contribution in [3.8, 4) is 0 Å². The highest BCUT2D eigenvalue weighted by Gasteiger charge is 2.67. The topological polar surface area (TPSA) is 41.6 Å². The van der Waals surface area contributed by atoms with Crippen LogP contribution in [0.4, 0.5) is 0 Å². The number of methoxy groups -OCH3 is 1. The van der Waals surface area contributed by atoms with Gasteiger partial charge < -0.3 is 10.1 Å². The standard InChI is InChI=1S/C29H34N2O2S/c1-33-24-13-15-28(16-14-24)18-23-12-11-21(10-9-20-7-8-20)17-25(23)29(28)26(32)31(27(34)30-29)19-22-5-3-2-4-6-22/h2-6,11-12,17,20,24H,7-10,13-16,18-19H2,1H3,(H,30,34). The molecule has 3 aliphatic carbocycles. The molecule has 1 amide bonds. The van der Waals surface area contributed by atoms with Gasteiger partial charge in [-0.15, -0.1) is 0 Å². The molecule has 4 aliphatic rings. The van der Waals surface area contributed by atoms with Crippen LogP contribution in [0.15, 0.2) is 48.5 Å². The second kappa shape index (κ2) is 8.46. The maximum Gasteiger partial charge on any atom is 0.260 e. The minimum absolute atomic E-state index is 0.135. The van der Waals surface area contributed by atoms with Crippen molar-refractivity contribution in [1.29, 1.82) is 0 Å². The molecule has 1 saturated heterocycles. The zero-order valence-corrected chi connectivity index (χ0v) is 20.8. The van der Waals surface area contributed by atoms with Gasteiger partial charge in [-0.1, -0.05) is 61.4 Å². The summed E-state index contributed by atoms with van der Waals surface area (Å²) in [7, 11) is 1.81. The Morgan fingerprint density at radius 2 is 1.82 bits per heavy atom. The number of nitrogens with one attached hydrogen (secondary N) is 1. The third-order valence-corrected chi connectivity index (χ3v) is 9.28. The Morgan fingerprint density at radius 3 is 2.53 bits per heavy atom. The molecule has 6 rings (SSSR count). The van der Waals surface area contributed by atoms with Gasteiger partial charge in [-0.05, 0) is 85.3 Å². The molecule has 2 aromatic carbocycles. The molecular formula is C29H34N2O2S. The second-order valence-corrected chi connectivity index (χ2v) is 11.3. The van der Waals surface area contributed by atoms with Gasteiger partial charge in [0.1, 0.15) is 0 Å². The van der Waals surface area contributed by atoms with Crippen LogP contribution in [-0.2, 0) is 34.5 Å². The predicted octanol–water partition coefficient (Wildman–Crippen LogP) is 5.27. The molecule has 5 heteroatoms. The van der Waals surface area contributed by atoms with Crippen LogP contribution in [0.1, 0.15) is 67.2 Å². The molecular weight excluding hydrogens is 440 g/mol. The average Bonchev–Trinajstić information content (AvgIpc) is 3.62. The number of thiocarbonyl (C=S) groups is 1. The minimum Gasteiger partial charge on any atom is -0.381 e. The first kappa shape index (κ1) is 22.2. The molecule has 178 valence electrons. The fourth-order valence-electron chi connectivity index (χ4n) is 6.80. The van der Waals surface area contributed by atoms with E-state index in [0.29, 0.717) is 11.7 Å². The summed E-state index contributed by atoms with van der Waals surface area (Å²) in [4.78, 5) is 16.3. The van der Waals surface area contributed by atoms with Crippen LogP contribution in [0.3, 0.4) is 0 Å². The van der Waals surface area contributed by atoms with E-state index in [1.165, 1.54) is 36.0 Å². The lowest BCUT2D eigenvalue weighted by atomic mass is 9.61. The van der Waals surface area contributed by atoms with Crippen LogP contribution in [0.25, 0.3) is 0 Å². The van der Waals surface area contributed by atoms with Crippen molar-refractivity contribution >= 4 is 23.2 Å². The van der Waals surface area contributed by atoms with E-state index in [0.717, 1.165) is 50.0 Å². The second-order valence-electron chi connectivity index (χ2n) is 10.9. The van der Waals surface area contributed by atoms with Crippen molar-refractivity contribution in [2.75, 3.05) is 7.11 Å². The van der Waals surface area contributed by atoms with Crippen LogP contribution in [0.5, 0.6) is 0 Å². The summed E-state index contributed by atoms with van der Waals surface area (Å²) in [5.41, 5.74) is 4.03. The maximum atomic E-state index is 14.5. The Kier molecular flexibility index (Phi) is 5.53. The Balaban J connectivity index is 1.39. The number of hydrogen-bond acceptors (Lipinski definition) is 3. The van der Waals surface area contributed by atoms with Gasteiger partial charge >= 0.3 is 0 Å². The molecule has 1 aliphatic heterocycles. The number of nitrogens with zero attached hydrogens (tertiary/aromatic N) is 1.